The lowest BCUT2D eigenvalue weighted by molar-refractivity contribution is 0.357. The fraction of sp³-hybridized carbons (Fsp3) is 0.250. The molecule has 1 aliphatic rings. The van der Waals surface area contributed by atoms with E-state index in [0.29, 0.717) is 31.0 Å². The van der Waals surface area contributed by atoms with Crippen molar-refractivity contribution < 1.29 is 9.26 Å². The van der Waals surface area contributed by atoms with Gasteiger partial charge in [0.2, 0.25) is 0 Å². The van der Waals surface area contributed by atoms with Crippen molar-refractivity contribution in [2.75, 3.05) is 6.61 Å². The van der Waals surface area contributed by atoms with Gasteiger partial charge in [-0.25, -0.2) is 9.78 Å². The molecule has 5 aromatic rings. The van der Waals surface area contributed by atoms with E-state index in [1.54, 1.807) is 4.57 Å². The first-order valence-corrected chi connectivity index (χ1v) is 13.6. The molecule has 1 aliphatic heterocycles. The van der Waals surface area contributed by atoms with E-state index < -0.39 is 5.76 Å². The summed E-state index contributed by atoms with van der Waals surface area (Å²) in [5.74, 6) is 1.37. The highest BCUT2D eigenvalue weighted by atomic mass is 16.5. The Hall–Kier alpha value is -4.72. The van der Waals surface area contributed by atoms with Crippen LogP contribution in [0.25, 0.3) is 33.6 Å². The normalized spacial score (nSPS) is 12.3. The summed E-state index contributed by atoms with van der Waals surface area (Å²) in [5, 5.41) is 3.96. The Kier molecular flexibility index (Phi) is 6.90. The molecule has 0 amide bonds. The summed E-state index contributed by atoms with van der Waals surface area (Å²) in [6.45, 7) is 5.03. The van der Waals surface area contributed by atoms with Crippen LogP contribution in [0.5, 0.6) is 5.75 Å². The highest BCUT2D eigenvalue weighted by Gasteiger charge is 2.20. The summed E-state index contributed by atoms with van der Waals surface area (Å²) >= 11 is 0. The zero-order valence-corrected chi connectivity index (χ0v) is 22.6. The van der Waals surface area contributed by atoms with Crippen molar-refractivity contribution in [3.05, 3.63) is 110 Å². The van der Waals surface area contributed by atoms with Crippen LogP contribution in [-0.2, 0) is 19.4 Å². The van der Waals surface area contributed by atoms with Gasteiger partial charge in [0.15, 0.2) is 5.82 Å². The van der Waals surface area contributed by atoms with Crippen LogP contribution in [0.1, 0.15) is 42.4 Å². The molecule has 40 heavy (non-hydrogen) atoms. The van der Waals surface area contributed by atoms with Gasteiger partial charge in [0.1, 0.15) is 11.6 Å². The molecule has 3 heterocycles. The second kappa shape index (κ2) is 10.8. The summed E-state index contributed by atoms with van der Waals surface area (Å²) < 4.78 is 12.3. The third-order valence-corrected chi connectivity index (χ3v) is 7.37. The average Bonchev–Trinajstić information content (AvgIpc) is 3.62. The zero-order chi connectivity index (χ0) is 27.6. The van der Waals surface area contributed by atoms with Crippen LogP contribution in [0.4, 0.5) is 0 Å². The Balaban J connectivity index is 1.47. The number of hydrogen-bond acceptors (Lipinski definition) is 6. The summed E-state index contributed by atoms with van der Waals surface area (Å²) in [6, 6.07) is 21.8. The number of rotatable bonds is 8. The molecule has 0 spiro atoms. The van der Waals surface area contributed by atoms with Gasteiger partial charge in [-0.1, -0.05) is 67.0 Å². The Labute approximate surface area is 231 Å². The van der Waals surface area contributed by atoms with Gasteiger partial charge >= 0.3 is 5.76 Å². The second-order valence-electron chi connectivity index (χ2n) is 10.1. The van der Waals surface area contributed by atoms with Crippen molar-refractivity contribution in [1.29, 1.82) is 0 Å². The summed E-state index contributed by atoms with van der Waals surface area (Å²) in [4.78, 5) is 33.6. The molecule has 1 N–H and O–H groups in total. The predicted octanol–water partition coefficient (Wildman–Crippen LogP) is 5.55. The van der Waals surface area contributed by atoms with Gasteiger partial charge in [0, 0.05) is 18.4 Å². The van der Waals surface area contributed by atoms with E-state index in [9.17, 15) is 9.59 Å². The van der Waals surface area contributed by atoms with E-state index in [2.05, 4.69) is 23.1 Å². The maximum Gasteiger partial charge on any atom is 0.439 e. The van der Waals surface area contributed by atoms with Crippen LogP contribution < -0.4 is 16.1 Å². The summed E-state index contributed by atoms with van der Waals surface area (Å²) in [6.07, 6.45) is 3.46. The SMILES string of the molecule is CCCCc1nc(C)c(-c2ccc3c(c2)CCO3)c(=O)n1Cc1ccc(-c2ccccc2)c(-c2noc(=O)[nH]2)c1. The molecule has 0 aliphatic carbocycles. The Morgan fingerprint density at radius 3 is 2.60 bits per heavy atom. The number of benzene rings is 3. The van der Waals surface area contributed by atoms with Gasteiger partial charge < -0.3 is 4.74 Å². The van der Waals surface area contributed by atoms with Gasteiger partial charge in [0.05, 0.1) is 24.4 Å². The van der Waals surface area contributed by atoms with Crippen LogP contribution in [0, 0.1) is 6.92 Å². The fourth-order valence-electron chi connectivity index (χ4n) is 5.36. The van der Waals surface area contributed by atoms with Crippen LogP contribution >= 0.6 is 0 Å². The largest absolute Gasteiger partial charge is 0.493 e. The lowest BCUT2D eigenvalue weighted by Crippen LogP contribution is -2.28. The minimum absolute atomic E-state index is 0.0685. The summed E-state index contributed by atoms with van der Waals surface area (Å²) in [5.41, 5.74) is 6.72. The van der Waals surface area contributed by atoms with E-state index >= 15 is 0 Å². The van der Waals surface area contributed by atoms with Gasteiger partial charge in [-0.05, 0) is 59.4 Å². The van der Waals surface area contributed by atoms with Crippen molar-refractivity contribution in [2.24, 2.45) is 0 Å². The molecule has 8 heteroatoms. The molecule has 0 radical (unpaired) electrons. The van der Waals surface area contributed by atoms with Crippen molar-refractivity contribution >= 4 is 0 Å². The molecule has 0 saturated carbocycles. The number of unbranched alkanes of at least 4 members (excludes halogenated alkanes) is 1. The Morgan fingerprint density at radius 1 is 0.975 bits per heavy atom. The minimum atomic E-state index is -0.621. The van der Waals surface area contributed by atoms with Gasteiger partial charge in [-0.15, -0.1) is 0 Å². The lowest BCUT2D eigenvalue weighted by Gasteiger charge is -2.17. The minimum Gasteiger partial charge on any atom is -0.493 e. The number of ether oxygens (including phenoxy) is 1. The van der Waals surface area contributed by atoms with Crippen LogP contribution in [-0.4, -0.2) is 26.3 Å². The number of H-pyrrole nitrogens is 1. The molecule has 2 aromatic heterocycles. The average molecular weight is 535 g/mol. The number of nitrogens with zero attached hydrogens (tertiary/aromatic N) is 3. The second-order valence-corrected chi connectivity index (χ2v) is 10.1. The molecule has 3 aromatic carbocycles. The molecule has 0 bridgehead atoms. The Morgan fingerprint density at radius 2 is 1.82 bits per heavy atom. The monoisotopic (exact) mass is 534 g/mol. The smallest absolute Gasteiger partial charge is 0.439 e. The van der Waals surface area contributed by atoms with Crippen LogP contribution in [0.2, 0.25) is 0 Å². The van der Waals surface area contributed by atoms with Crippen LogP contribution in [0.3, 0.4) is 0 Å². The fourth-order valence-corrected chi connectivity index (χ4v) is 5.36. The van der Waals surface area contributed by atoms with E-state index in [-0.39, 0.29) is 5.56 Å². The number of aryl methyl sites for hydroxylation is 2. The maximum absolute atomic E-state index is 14.1. The molecular formula is C32H30N4O4. The highest BCUT2D eigenvalue weighted by molar-refractivity contribution is 5.81. The number of aromatic nitrogens is 4. The zero-order valence-electron chi connectivity index (χ0n) is 22.6. The Bertz CT molecular complexity index is 1800. The third-order valence-electron chi connectivity index (χ3n) is 7.37. The number of aromatic amines is 1. The molecule has 6 rings (SSSR count). The highest BCUT2D eigenvalue weighted by Crippen LogP contribution is 2.32. The number of fused-ring (bicyclic) bond motifs is 1. The predicted molar refractivity (Wildman–Crippen MR) is 154 cm³/mol. The maximum atomic E-state index is 14.1. The quantitative estimate of drug-likeness (QED) is 0.280. The first kappa shape index (κ1) is 25.6. The molecule has 0 unspecified atom stereocenters. The van der Waals surface area contributed by atoms with E-state index in [1.807, 2.05) is 67.6 Å². The van der Waals surface area contributed by atoms with Gasteiger partial charge in [-0.2, -0.15) is 0 Å². The number of hydrogen-bond donors (Lipinski definition) is 1. The topological polar surface area (TPSA) is 103 Å². The van der Waals surface area contributed by atoms with E-state index in [4.69, 9.17) is 14.2 Å². The number of nitrogens with one attached hydrogen (secondary N) is 1. The van der Waals surface area contributed by atoms with Crippen molar-refractivity contribution in [3.8, 4) is 39.4 Å². The van der Waals surface area contributed by atoms with Gasteiger partial charge in [-0.3, -0.25) is 18.9 Å². The standard InChI is InChI=1S/C32H30N4O4/c1-3-4-10-28-33-20(2)29(24-12-14-27-23(18-24)15-16-39-27)31(37)36(28)19-21-11-13-25(22-8-6-5-7-9-22)26(17-21)30-34-32(38)40-35-30/h5-9,11-14,17-18H,3-4,10,15-16,19H2,1-2H3,(H,34,35,38). The van der Waals surface area contributed by atoms with E-state index in [0.717, 1.165) is 69.9 Å². The van der Waals surface area contributed by atoms with E-state index in [1.165, 1.54) is 0 Å². The third kappa shape index (κ3) is 4.88. The molecule has 202 valence electrons. The molecule has 0 fully saturated rings. The molecule has 0 atom stereocenters. The molecular weight excluding hydrogens is 504 g/mol. The molecule has 0 saturated heterocycles. The van der Waals surface area contributed by atoms with Crippen molar-refractivity contribution in [1.82, 2.24) is 19.7 Å². The molecule has 8 nitrogen and oxygen atoms in total. The summed E-state index contributed by atoms with van der Waals surface area (Å²) in [7, 11) is 0. The van der Waals surface area contributed by atoms with Crippen LogP contribution in [0.15, 0.2) is 80.8 Å². The van der Waals surface area contributed by atoms with Crippen molar-refractivity contribution in [2.45, 2.75) is 46.1 Å². The van der Waals surface area contributed by atoms with Crippen molar-refractivity contribution in [3.63, 3.8) is 0 Å². The lowest BCUT2D eigenvalue weighted by atomic mass is 9.96. The first-order valence-electron chi connectivity index (χ1n) is 13.6. The first-order chi connectivity index (χ1) is 19.5. The van der Waals surface area contributed by atoms with Gasteiger partial charge in [0.25, 0.3) is 5.56 Å².